The van der Waals surface area contributed by atoms with E-state index in [1.807, 2.05) is 54.1 Å². The molecule has 2 amide bonds. The Hall–Kier alpha value is -4.20. The van der Waals surface area contributed by atoms with Gasteiger partial charge in [0.25, 0.3) is 5.91 Å². The number of hydrogen-bond acceptors (Lipinski definition) is 4. The van der Waals surface area contributed by atoms with Crippen LogP contribution in [-0.2, 0) is 25.3 Å². The number of hydrogen-bond donors (Lipinski definition) is 2. The molecule has 0 bridgehead atoms. The fraction of sp³-hybridized carbons (Fsp3) is 0.231. The first-order chi connectivity index (χ1) is 16.5. The van der Waals surface area contributed by atoms with Crippen molar-refractivity contribution in [2.75, 3.05) is 5.32 Å². The lowest BCUT2D eigenvalue weighted by atomic mass is 9.92. The lowest BCUT2D eigenvalue weighted by Crippen LogP contribution is -2.47. The molecule has 5 rings (SSSR count). The van der Waals surface area contributed by atoms with E-state index >= 15 is 0 Å². The van der Waals surface area contributed by atoms with Crippen LogP contribution < -0.4 is 10.6 Å². The van der Waals surface area contributed by atoms with Gasteiger partial charge in [-0.1, -0.05) is 36.4 Å². The fourth-order valence-electron chi connectivity index (χ4n) is 4.68. The van der Waals surface area contributed by atoms with Crippen molar-refractivity contribution in [2.45, 2.75) is 24.8 Å². The maximum atomic E-state index is 13.5. The van der Waals surface area contributed by atoms with Crippen molar-refractivity contribution >= 4 is 17.5 Å². The third kappa shape index (κ3) is 4.10. The highest BCUT2D eigenvalue weighted by atomic mass is 16.2. The largest absolute Gasteiger partial charge is 0.338 e. The summed E-state index contributed by atoms with van der Waals surface area (Å²) >= 11 is 0. The summed E-state index contributed by atoms with van der Waals surface area (Å²) in [5, 5.41) is 10.1. The van der Waals surface area contributed by atoms with E-state index in [1.165, 1.54) is 10.2 Å². The van der Waals surface area contributed by atoms with Gasteiger partial charge in [0, 0.05) is 31.9 Å². The number of aryl methyl sites for hydroxylation is 3. The van der Waals surface area contributed by atoms with Gasteiger partial charge in [0.1, 0.15) is 11.7 Å². The van der Waals surface area contributed by atoms with Gasteiger partial charge in [-0.2, -0.15) is 5.10 Å². The number of rotatable bonds is 6. The molecule has 2 N–H and O–H groups in total. The molecule has 0 radical (unpaired) electrons. The summed E-state index contributed by atoms with van der Waals surface area (Å²) < 4.78 is 3.44. The van der Waals surface area contributed by atoms with Crippen molar-refractivity contribution in [3.8, 4) is 11.3 Å². The Morgan fingerprint density at radius 3 is 2.56 bits per heavy atom. The lowest BCUT2D eigenvalue weighted by molar-refractivity contribution is -0.118. The maximum Gasteiger partial charge on any atom is 0.270 e. The van der Waals surface area contributed by atoms with E-state index < -0.39 is 6.04 Å². The monoisotopic (exact) mass is 454 g/mol. The van der Waals surface area contributed by atoms with Crippen molar-refractivity contribution in [2.24, 2.45) is 14.1 Å². The molecule has 34 heavy (non-hydrogen) atoms. The summed E-state index contributed by atoms with van der Waals surface area (Å²) in [6.45, 7) is 0. The second-order valence-electron chi connectivity index (χ2n) is 8.59. The number of aromatic nitrogens is 4. The van der Waals surface area contributed by atoms with Gasteiger partial charge in [0.15, 0.2) is 0 Å². The molecule has 2 heterocycles. The van der Waals surface area contributed by atoms with Crippen LogP contribution in [0, 0.1) is 0 Å². The molecule has 2 atom stereocenters. The Morgan fingerprint density at radius 2 is 1.85 bits per heavy atom. The summed E-state index contributed by atoms with van der Waals surface area (Å²) in [7, 11) is 3.64. The molecular weight excluding hydrogens is 428 g/mol. The number of fused-ring (bicyclic) bond motifs is 1. The van der Waals surface area contributed by atoms with Crippen molar-refractivity contribution in [1.82, 2.24) is 24.6 Å². The molecule has 2 aromatic carbocycles. The van der Waals surface area contributed by atoms with Gasteiger partial charge in [-0.05, 0) is 47.7 Å². The Balaban J connectivity index is 1.39. The number of benzene rings is 2. The first-order valence-electron chi connectivity index (χ1n) is 11.3. The van der Waals surface area contributed by atoms with Crippen LogP contribution in [0.3, 0.4) is 0 Å². The van der Waals surface area contributed by atoms with Gasteiger partial charge in [0.05, 0.1) is 18.2 Å². The first kappa shape index (κ1) is 21.6. The van der Waals surface area contributed by atoms with Crippen LogP contribution in [-0.4, -0.2) is 37.2 Å². The molecule has 0 fully saturated rings. The highest BCUT2D eigenvalue weighted by molar-refractivity contribution is 6.01. The molecule has 8 nitrogen and oxygen atoms in total. The highest BCUT2D eigenvalue weighted by Gasteiger charge is 2.36. The van der Waals surface area contributed by atoms with Crippen LogP contribution >= 0.6 is 0 Å². The minimum Gasteiger partial charge on any atom is -0.338 e. The molecule has 8 heteroatoms. The number of carbonyl (C=O) groups is 2. The molecule has 172 valence electrons. The molecule has 0 saturated heterocycles. The van der Waals surface area contributed by atoms with Crippen molar-refractivity contribution in [1.29, 1.82) is 0 Å². The first-order valence-corrected chi connectivity index (χ1v) is 11.3. The number of amides is 2. The van der Waals surface area contributed by atoms with Crippen LogP contribution in [0.1, 0.15) is 34.0 Å². The third-order valence-corrected chi connectivity index (χ3v) is 6.47. The molecule has 0 spiro atoms. The van der Waals surface area contributed by atoms with Crippen LogP contribution in [0.4, 0.5) is 5.69 Å². The Bertz CT molecular complexity index is 1340. The predicted octanol–water partition coefficient (Wildman–Crippen LogP) is 3.29. The van der Waals surface area contributed by atoms with Crippen molar-refractivity contribution in [3.05, 3.63) is 90.1 Å². The van der Waals surface area contributed by atoms with E-state index in [1.54, 1.807) is 31.8 Å². The summed E-state index contributed by atoms with van der Waals surface area (Å²) in [6, 6.07) is 16.7. The standard InChI is InChI=1S/C26H26N6O2/c1-31-16-27-15-23(31)18-7-10-19(11-8-18)29-26(34)24(30-25(33)22-13-14-28-32(22)2)21-12-9-17-5-3-4-6-20(17)21/h3-8,10-11,13-16,21,24H,9,12H2,1-2H3,(H,29,34)(H,30,33)/t21-,24-/m0/s1. The summed E-state index contributed by atoms with van der Waals surface area (Å²) in [5.74, 6) is -0.677. The molecule has 0 unspecified atom stereocenters. The third-order valence-electron chi connectivity index (χ3n) is 6.47. The maximum absolute atomic E-state index is 13.5. The number of nitrogens with one attached hydrogen (secondary N) is 2. The van der Waals surface area contributed by atoms with E-state index in [9.17, 15) is 9.59 Å². The van der Waals surface area contributed by atoms with Crippen molar-refractivity contribution < 1.29 is 9.59 Å². The van der Waals surface area contributed by atoms with E-state index in [0.717, 1.165) is 29.7 Å². The average Bonchev–Trinajstić information content (AvgIpc) is 3.57. The molecule has 1 aliphatic rings. The molecule has 1 aliphatic carbocycles. The Kier molecular flexibility index (Phi) is 5.71. The summed E-state index contributed by atoms with van der Waals surface area (Å²) in [5.41, 5.74) is 5.40. The van der Waals surface area contributed by atoms with Crippen LogP contribution in [0.15, 0.2) is 73.3 Å². The molecule has 2 aromatic heterocycles. The number of anilines is 1. The minimum absolute atomic E-state index is 0.109. The SMILES string of the molecule is Cn1cncc1-c1ccc(NC(=O)[C@@H](NC(=O)c2ccnn2C)[C@H]2CCc3ccccc32)cc1. The molecule has 4 aromatic rings. The highest BCUT2D eigenvalue weighted by Crippen LogP contribution is 2.36. The van der Waals surface area contributed by atoms with Crippen LogP contribution in [0.2, 0.25) is 0 Å². The normalized spacial score (nSPS) is 15.5. The van der Waals surface area contributed by atoms with E-state index in [2.05, 4.69) is 26.8 Å². The average molecular weight is 455 g/mol. The fourth-order valence-corrected chi connectivity index (χ4v) is 4.68. The smallest absolute Gasteiger partial charge is 0.270 e. The molecular formula is C26H26N6O2. The topological polar surface area (TPSA) is 93.8 Å². The number of nitrogens with zero attached hydrogens (tertiary/aromatic N) is 4. The van der Waals surface area contributed by atoms with Crippen LogP contribution in [0.5, 0.6) is 0 Å². The van der Waals surface area contributed by atoms with Gasteiger partial charge in [-0.25, -0.2) is 4.98 Å². The van der Waals surface area contributed by atoms with E-state index in [0.29, 0.717) is 11.4 Å². The second-order valence-corrected chi connectivity index (χ2v) is 8.59. The number of imidazole rings is 1. The van der Waals surface area contributed by atoms with Crippen LogP contribution in [0.25, 0.3) is 11.3 Å². The molecule has 0 saturated carbocycles. The zero-order valence-corrected chi connectivity index (χ0v) is 19.1. The van der Waals surface area contributed by atoms with Gasteiger partial charge in [-0.3, -0.25) is 14.3 Å². The van der Waals surface area contributed by atoms with Gasteiger partial charge in [0.2, 0.25) is 5.91 Å². The van der Waals surface area contributed by atoms with Gasteiger partial charge >= 0.3 is 0 Å². The quantitative estimate of drug-likeness (QED) is 0.468. The lowest BCUT2D eigenvalue weighted by Gasteiger charge is -2.25. The summed E-state index contributed by atoms with van der Waals surface area (Å²) in [6.07, 6.45) is 6.79. The number of carbonyl (C=O) groups excluding carboxylic acids is 2. The zero-order chi connectivity index (χ0) is 23.7. The van der Waals surface area contributed by atoms with E-state index in [-0.39, 0.29) is 17.7 Å². The predicted molar refractivity (Wildman–Crippen MR) is 129 cm³/mol. The second kappa shape index (κ2) is 8.97. The Morgan fingerprint density at radius 1 is 1.06 bits per heavy atom. The van der Waals surface area contributed by atoms with Gasteiger partial charge in [-0.15, -0.1) is 0 Å². The zero-order valence-electron chi connectivity index (χ0n) is 19.1. The summed E-state index contributed by atoms with van der Waals surface area (Å²) in [4.78, 5) is 30.7. The van der Waals surface area contributed by atoms with Gasteiger partial charge < -0.3 is 15.2 Å². The van der Waals surface area contributed by atoms with Crippen molar-refractivity contribution in [3.63, 3.8) is 0 Å². The van der Waals surface area contributed by atoms with E-state index in [4.69, 9.17) is 0 Å². The molecule has 0 aliphatic heterocycles. The minimum atomic E-state index is -0.720. The Labute approximate surface area is 197 Å².